The van der Waals surface area contributed by atoms with E-state index in [0.29, 0.717) is 12.2 Å². The van der Waals surface area contributed by atoms with E-state index in [2.05, 4.69) is 16.0 Å². The molecule has 0 aliphatic rings. The van der Waals surface area contributed by atoms with Crippen molar-refractivity contribution in [2.45, 2.75) is 78.0 Å². The Morgan fingerprint density at radius 3 is 1.85 bits per heavy atom. The van der Waals surface area contributed by atoms with Gasteiger partial charge in [0.25, 0.3) is 0 Å². The molecular weight excluding hydrogens is 518 g/mol. The summed E-state index contributed by atoms with van der Waals surface area (Å²) in [5.41, 5.74) is 3.03. The molecule has 2 atom stereocenters. The smallest absolute Gasteiger partial charge is 0.412 e. The number of nitrogens with one attached hydrogen (secondary N) is 3. The third-order valence-corrected chi connectivity index (χ3v) is 6.41. The van der Waals surface area contributed by atoms with Crippen LogP contribution in [0.4, 0.5) is 15.3 Å². The zero-order chi connectivity index (χ0) is 29.8. The third kappa shape index (κ3) is 10.3. The van der Waals surface area contributed by atoms with E-state index < -0.39 is 29.9 Å². The van der Waals surface area contributed by atoms with Crippen molar-refractivity contribution in [2.24, 2.45) is 0 Å². The first kappa shape index (κ1) is 31.2. The fourth-order valence-corrected chi connectivity index (χ4v) is 4.48. The van der Waals surface area contributed by atoms with E-state index in [1.165, 1.54) is 0 Å². The van der Waals surface area contributed by atoms with Crippen molar-refractivity contribution in [2.75, 3.05) is 5.32 Å². The lowest BCUT2D eigenvalue weighted by Gasteiger charge is -2.30. The van der Waals surface area contributed by atoms with E-state index in [9.17, 15) is 14.4 Å². The Bertz CT molecular complexity index is 1270. The van der Waals surface area contributed by atoms with Crippen LogP contribution in [0.5, 0.6) is 5.75 Å². The molecule has 0 saturated carbocycles. The summed E-state index contributed by atoms with van der Waals surface area (Å²) < 4.78 is 11.0. The second-order valence-corrected chi connectivity index (χ2v) is 10.8. The van der Waals surface area contributed by atoms with E-state index in [1.54, 1.807) is 45.0 Å². The van der Waals surface area contributed by atoms with Gasteiger partial charge in [-0.05, 0) is 68.9 Å². The average molecular weight is 560 g/mol. The molecule has 8 nitrogen and oxygen atoms in total. The molecule has 0 heterocycles. The third-order valence-electron chi connectivity index (χ3n) is 6.41. The summed E-state index contributed by atoms with van der Waals surface area (Å²) in [5.74, 6) is 0.0621. The zero-order valence-electron chi connectivity index (χ0n) is 24.5. The quantitative estimate of drug-likeness (QED) is 0.251. The van der Waals surface area contributed by atoms with Gasteiger partial charge in [0.15, 0.2) is 0 Å². The minimum Gasteiger partial charge on any atom is -0.444 e. The van der Waals surface area contributed by atoms with Crippen LogP contribution in [0.3, 0.4) is 0 Å². The Hall–Kier alpha value is -4.33. The first-order valence-corrected chi connectivity index (χ1v) is 14.0. The van der Waals surface area contributed by atoms with Gasteiger partial charge in [-0.15, -0.1) is 0 Å². The van der Waals surface area contributed by atoms with E-state index in [-0.39, 0.29) is 12.3 Å². The molecule has 0 saturated heterocycles. The minimum absolute atomic E-state index is 0.113. The largest absolute Gasteiger partial charge is 0.444 e. The number of hydrogen-bond donors (Lipinski definition) is 3. The maximum atomic E-state index is 13.5. The number of rotatable bonds is 11. The first-order valence-electron chi connectivity index (χ1n) is 14.0. The van der Waals surface area contributed by atoms with E-state index >= 15 is 0 Å². The standard InChI is InChI=1S/C33H41N3O5/c1-6-24-17-14-18-25(7-2)30(24)36-29(37)22-28(34-31(38)40-26-19-12-9-13-20-26)27(21-23-15-10-8-11-16-23)35-32(39)41-33(3,4)5/h8-20,27-28H,6-7,21-22H2,1-5H3,(H,34,38)(H,35,39)(H,36,37). The number of ether oxygens (including phenoxy) is 2. The zero-order valence-corrected chi connectivity index (χ0v) is 24.5. The van der Waals surface area contributed by atoms with E-state index in [1.807, 2.05) is 68.4 Å². The maximum absolute atomic E-state index is 13.5. The predicted molar refractivity (Wildman–Crippen MR) is 161 cm³/mol. The first-order chi connectivity index (χ1) is 19.6. The average Bonchev–Trinajstić information content (AvgIpc) is 2.92. The topological polar surface area (TPSA) is 106 Å². The Morgan fingerprint density at radius 1 is 0.732 bits per heavy atom. The van der Waals surface area contributed by atoms with Crippen molar-refractivity contribution in [1.29, 1.82) is 0 Å². The van der Waals surface area contributed by atoms with Crippen LogP contribution in [-0.4, -0.2) is 35.8 Å². The van der Waals surface area contributed by atoms with Crippen molar-refractivity contribution < 1.29 is 23.9 Å². The lowest BCUT2D eigenvalue weighted by Crippen LogP contribution is -2.55. The number of alkyl carbamates (subject to hydrolysis) is 1. The van der Waals surface area contributed by atoms with Gasteiger partial charge in [0, 0.05) is 12.1 Å². The fraction of sp³-hybridized carbons (Fsp3) is 0.364. The molecule has 8 heteroatoms. The van der Waals surface area contributed by atoms with Gasteiger partial charge in [-0.25, -0.2) is 9.59 Å². The molecule has 3 aromatic carbocycles. The van der Waals surface area contributed by atoms with E-state index in [4.69, 9.17) is 9.47 Å². The molecular formula is C33H41N3O5. The number of hydrogen-bond acceptors (Lipinski definition) is 5. The van der Waals surface area contributed by atoms with Gasteiger partial charge < -0.3 is 25.4 Å². The highest BCUT2D eigenvalue weighted by molar-refractivity contribution is 5.93. The van der Waals surface area contributed by atoms with Gasteiger partial charge in [-0.2, -0.15) is 0 Å². The monoisotopic (exact) mass is 559 g/mol. The SMILES string of the molecule is CCc1cccc(CC)c1NC(=O)CC(NC(=O)Oc1ccccc1)C(Cc1ccccc1)NC(=O)OC(C)(C)C. The summed E-state index contributed by atoms with van der Waals surface area (Å²) >= 11 is 0. The number of carbonyl (C=O) groups excluding carboxylic acids is 3. The van der Waals surface area contributed by atoms with Crippen molar-refractivity contribution in [3.05, 3.63) is 95.6 Å². The molecule has 0 bridgehead atoms. The van der Waals surface area contributed by atoms with Crippen LogP contribution in [-0.2, 0) is 28.8 Å². The van der Waals surface area contributed by atoms with Crippen LogP contribution in [0.25, 0.3) is 0 Å². The molecule has 218 valence electrons. The highest BCUT2D eigenvalue weighted by atomic mass is 16.6. The maximum Gasteiger partial charge on any atom is 0.412 e. The number of aryl methyl sites for hydroxylation is 2. The molecule has 3 N–H and O–H groups in total. The normalized spacial score (nSPS) is 12.5. The summed E-state index contributed by atoms with van der Waals surface area (Å²) in [7, 11) is 0. The summed E-state index contributed by atoms with van der Waals surface area (Å²) in [6.45, 7) is 9.39. The van der Waals surface area contributed by atoms with Crippen LogP contribution in [0.15, 0.2) is 78.9 Å². The molecule has 0 spiro atoms. The van der Waals surface area contributed by atoms with Gasteiger partial charge in [0.2, 0.25) is 5.91 Å². The number of anilines is 1. The second-order valence-electron chi connectivity index (χ2n) is 10.8. The molecule has 0 aliphatic carbocycles. The lowest BCUT2D eigenvalue weighted by atomic mass is 9.96. The van der Waals surface area contributed by atoms with Gasteiger partial charge in [0.1, 0.15) is 11.4 Å². The van der Waals surface area contributed by atoms with Crippen molar-refractivity contribution >= 4 is 23.8 Å². The molecule has 3 amide bonds. The Labute approximate surface area is 242 Å². The number of para-hydroxylation sites is 2. The molecule has 0 aromatic heterocycles. The molecule has 3 rings (SSSR count). The van der Waals surface area contributed by atoms with Crippen LogP contribution in [0, 0.1) is 0 Å². The predicted octanol–water partition coefficient (Wildman–Crippen LogP) is 6.43. The Morgan fingerprint density at radius 2 is 1.29 bits per heavy atom. The Kier molecular flexibility index (Phi) is 11.3. The van der Waals surface area contributed by atoms with Crippen LogP contribution >= 0.6 is 0 Å². The second kappa shape index (κ2) is 14.9. The van der Waals surface area contributed by atoms with Crippen LogP contribution in [0.1, 0.15) is 57.7 Å². The highest BCUT2D eigenvalue weighted by Gasteiger charge is 2.30. The molecule has 0 radical (unpaired) electrons. The molecule has 41 heavy (non-hydrogen) atoms. The van der Waals surface area contributed by atoms with Crippen molar-refractivity contribution in [1.82, 2.24) is 10.6 Å². The van der Waals surface area contributed by atoms with Gasteiger partial charge in [0.05, 0.1) is 12.1 Å². The van der Waals surface area contributed by atoms with E-state index in [0.717, 1.165) is 35.2 Å². The lowest BCUT2D eigenvalue weighted by molar-refractivity contribution is -0.116. The molecule has 3 aromatic rings. The summed E-state index contributed by atoms with van der Waals surface area (Å²) in [5, 5.41) is 8.80. The van der Waals surface area contributed by atoms with Crippen molar-refractivity contribution in [3.63, 3.8) is 0 Å². The number of carbonyl (C=O) groups is 3. The fourth-order valence-electron chi connectivity index (χ4n) is 4.48. The summed E-state index contributed by atoms with van der Waals surface area (Å²) in [6, 6.07) is 22.7. The Balaban J connectivity index is 1.91. The van der Waals surface area contributed by atoms with Gasteiger partial charge >= 0.3 is 12.2 Å². The van der Waals surface area contributed by atoms with Gasteiger partial charge in [-0.1, -0.05) is 80.6 Å². The molecule has 2 unspecified atom stereocenters. The van der Waals surface area contributed by atoms with Crippen LogP contribution < -0.4 is 20.7 Å². The van der Waals surface area contributed by atoms with Crippen molar-refractivity contribution in [3.8, 4) is 5.75 Å². The highest BCUT2D eigenvalue weighted by Crippen LogP contribution is 2.23. The summed E-state index contributed by atoms with van der Waals surface area (Å²) in [4.78, 5) is 39.5. The van der Waals surface area contributed by atoms with Gasteiger partial charge in [-0.3, -0.25) is 4.79 Å². The van der Waals surface area contributed by atoms with Crippen LogP contribution in [0.2, 0.25) is 0 Å². The number of benzene rings is 3. The molecule has 0 fully saturated rings. The molecule has 0 aliphatic heterocycles. The summed E-state index contributed by atoms with van der Waals surface area (Å²) in [6.07, 6.45) is 0.359. The number of amides is 3. The minimum atomic E-state index is -0.821.